The summed E-state index contributed by atoms with van der Waals surface area (Å²) >= 11 is 0. The second-order valence-corrected chi connectivity index (χ2v) is 2.52. The molecule has 3 heteroatoms. The van der Waals surface area contributed by atoms with Crippen molar-refractivity contribution in [2.75, 3.05) is 6.61 Å². The predicted octanol–water partition coefficient (Wildman–Crippen LogP) is 1.33. The SMILES string of the molecule is CCCOc1cccc(CN)n1. The Labute approximate surface area is 72.6 Å². The average molecular weight is 166 g/mol. The molecular formula is C9H14N2O. The van der Waals surface area contributed by atoms with E-state index >= 15 is 0 Å². The number of hydrogen-bond donors (Lipinski definition) is 1. The summed E-state index contributed by atoms with van der Waals surface area (Å²) in [7, 11) is 0. The molecule has 12 heavy (non-hydrogen) atoms. The van der Waals surface area contributed by atoms with E-state index in [1.165, 1.54) is 0 Å². The van der Waals surface area contributed by atoms with Crippen molar-refractivity contribution in [2.45, 2.75) is 19.9 Å². The summed E-state index contributed by atoms with van der Waals surface area (Å²) in [6.45, 7) is 3.23. The molecule has 0 spiro atoms. The van der Waals surface area contributed by atoms with Gasteiger partial charge in [0.25, 0.3) is 0 Å². The van der Waals surface area contributed by atoms with Crippen LogP contribution in [0.25, 0.3) is 0 Å². The molecule has 0 atom stereocenters. The van der Waals surface area contributed by atoms with Crippen molar-refractivity contribution in [3.8, 4) is 5.88 Å². The van der Waals surface area contributed by atoms with Crippen molar-refractivity contribution in [3.63, 3.8) is 0 Å². The van der Waals surface area contributed by atoms with Gasteiger partial charge < -0.3 is 10.5 Å². The van der Waals surface area contributed by atoms with Crippen molar-refractivity contribution in [1.29, 1.82) is 0 Å². The molecule has 0 radical (unpaired) electrons. The third kappa shape index (κ3) is 2.51. The van der Waals surface area contributed by atoms with Gasteiger partial charge in [-0.15, -0.1) is 0 Å². The van der Waals surface area contributed by atoms with E-state index in [2.05, 4.69) is 11.9 Å². The molecule has 1 rings (SSSR count). The van der Waals surface area contributed by atoms with E-state index in [1.807, 2.05) is 18.2 Å². The van der Waals surface area contributed by atoms with Crippen molar-refractivity contribution in [2.24, 2.45) is 5.73 Å². The molecule has 0 saturated heterocycles. The molecule has 0 aliphatic heterocycles. The molecule has 0 bridgehead atoms. The van der Waals surface area contributed by atoms with Crippen molar-refractivity contribution in [1.82, 2.24) is 4.98 Å². The van der Waals surface area contributed by atoms with Gasteiger partial charge in [-0.05, 0) is 12.5 Å². The minimum atomic E-state index is 0.462. The minimum Gasteiger partial charge on any atom is -0.478 e. The van der Waals surface area contributed by atoms with Crippen molar-refractivity contribution < 1.29 is 4.74 Å². The van der Waals surface area contributed by atoms with Gasteiger partial charge in [-0.1, -0.05) is 13.0 Å². The lowest BCUT2D eigenvalue weighted by atomic mass is 10.3. The lowest BCUT2D eigenvalue weighted by molar-refractivity contribution is 0.304. The first-order valence-electron chi connectivity index (χ1n) is 4.15. The average Bonchev–Trinajstić information content (AvgIpc) is 2.15. The number of nitrogens with zero attached hydrogens (tertiary/aromatic N) is 1. The predicted molar refractivity (Wildman–Crippen MR) is 47.9 cm³/mol. The highest BCUT2D eigenvalue weighted by Crippen LogP contribution is 2.06. The Kier molecular flexibility index (Phi) is 3.54. The molecule has 0 aliphatic carbocycles. The fraction of sp³-hybridized carbons (Fsp3) is 0.444. The molecule has 66 valence electrons. The summed E-state index contributed by atoms with van der Waals surface area (Å²) in [6, 6.07) is 5.63. The number of nitrogens with two attached hydrogens (primary N) is 1. The molecule has 0 amide bonds. The summed E-state index contributed by atoms with van der Waals surface area (Å²) in [5.74, 6) is 0.666. The first-order valence-corrected chi connectivity index (χ1v) is 4.15. The Morgan fingerprint density at radius 3 is 3.00 bits per heavy atom. The van der Waals surface area contributed by atoms with Crippen LogP contribution >= 0.6 is 0 Å². The van der Waals surface area contributed by atoms with E-state index in [4.69, 9.17) is 10.5 Å². The quantitative estimate of drug-likeness (QED) is 0.734. The third-order valence-corrected chi connectivity index (χ3v) is 1.44. The van der Waals surface area contributed by atoms with E-state index in [0.717, 1.165) is 12.1 Å². The van der Waals surface area contributed by atoms with E-state index in [0.29, 0.717) is 19.0 Å². The minimum absolute atomic E-state index is 0.462. The highest BCUT2D eigenvalue weighted by atomic mass is 16.5. The zero-order valence-electron chi connectivity index (χ0n) is 7.29. The Bertz CT molecular complexity index is 238. The van der Waals surface area contributed by atoms with Crippen LogP contribution < -0.4 is 10.5 Å². The van der Waals surface area contributed by atoms with E-state index in [-0.39, 0.29) is 0 Å². The van der Waals surface area contributed by atoms with Gasteiger partial charge in [0.05, 0.1) is 12.3 Å². The van der Waals surface area contributed by atoms with Crippen LogP contribution in [0.5, 0.6) is 5.88 Å². The number of rotatable bonds is 4. The first-order chi connectivity index (χ1) is 5.86. The Balaban J connectivity index is 2.60. The van der Waals surface area contributed by atoms with Crippen LogP contribution in [0.3, 0.4) is 0 Å². The maximum absolute atomic E-state index is 5.43. The number of pyridine rings is 1. The molecule has 0 aromatic carbocycles. The summed E-state index contributed by atoms with van der Waals surface area (Å²) in [5, 5.41) is 0. The number of aromatic nitrogens is 1. The van der Waals surface area contributed by atoms with E-state index < -0.39 is 0 Å². The fourth-order valence-electron chi connectivity index (χ4n) is 0.858. The molecule has 1 heterocycles. The van der Waals surface area contributed by atoms with Crippen LogP contribution in [0.15, 0.2) is 18.2 Å². The van der Waals surface area contributed by atoms with Crippen LogP contribution in [0.4, 0.5) is 0 Å². The fourth-order valence-corrected chi connectivity index (χ4v) is 0.858. The standard InChI is InChI=1S/C9H14N2O/c1-2-6-12-9-5-3-4-8(7-10)11-9/h3-5H,2,6-7,10H2,1H3. The van der Waals surface area contributed by atoms with Crippen LogP contribution in [-0.4, -0.2) is 11.6 Å². The molecule has 0 saturated carbocycles. The van der Waals surface area contributed by atoms with E-state index in [1.54, 1.807) is 0 Å². The monoisotopic (exact) mass is 166 g/mol. The topological polar surface area (TPSA) is 48.1 Å². The Morgan fingerprint density at radius 2 is 2.33 bits per heavy atom. The lowest BCUT2D eigenvalue weighted by Crippen LogP contribution is -2.02. The summed E-state index contributed by atoms with van der Waals surface area (Å²) < 4.78 is 5.33. The zero-order chi connectivity index (χ0) is 8.81. The van der Waals surface area contributed by atoms with Gasteiger partial charge in [-0.2, -0.15) is 0 Å². The summed E-state index contributed by atoms with van der Waals surface area (Å²) in [4.78, 5) is 4.18. The normalized spacial score (nSPS) is 9.83. The van der Waals surface area contributed by atoms with Crippen LogP contribution in [0.2, 0.25) is 0 Å². The Morgan fingerprint density at radius 1 is 1.50 bits per heavy atom. The molecule has 1 aromatic heterocycles. The maximum Gasteiger partial charge on any atom is 0.213 e. The highest BCUT2D eigenvalue weighted by Gasteiger charge is 1.95. The van der Waals surface area contributed by atoms with Crippen molar-refractivity contribution >= 4 is 0 Å². The van der Waals surface area contributed by atoms with Gasteiger partial charge in [-0.3, -0.25) is 0 Å². The van der Waals surface area contributed by atoms with Gasteiger partial charge in [0.15, 0.2) is 0 Å². The smallest absolute Gasteiger partial charge is 0.213 e. The van der Waals surface area contributed by atoms with Crippen molar-refractivity contribution in [3.05, 3.63) is 23.9 Å². The van der Waals surface area contributed by atoms with Gasteiger partial charge in [0.2, 0.25) is 5.88 Å². The molecule has 2 N–H and O–H groups in total. The molecule has 3 nitrogen and oxygen atoms in total. The van der Waals surface area contributed by atoms with Gasteiger partial charge in [0.1, 0.15) is 0 Å². The van der Waals surface area contributed by atoms with Crippen LogP contribution in [0.1, 0.15) is 19.0 Å². The third-order valence-electron chi connectivity index (χ3n) is 1.44. The van der Waals surface area contributed by atoms with Gasteiger partial charge >= 0.3 is 0 Å². The number of hydrogen-bond acceptors (Lipinski definition) is 3. The number of ether oxygens (including phenoxy) is 1. The lowest BCUT2D eigenvalue weighted by Gasteiger charge is -2.03. The summed E-state index contributed by atoms with van der Waals surface area (Å²) in [6.07, 6.45) is 0.995. The second kappa shape index (κ2) is 4.72. The van der Waals surface area contributed by atoms with Crippen LogP contribution in [-0.2, 0) is 6.54 Å². The molecule has 0 fully saturated rings. The van der Waals surface area contributed by atoms with Gasteiger partial charge in [-0.25, -0.2) is 4.98 Å². The largest absolute Gasteiger partial charge is 0.478 e. The van der Waals surface area contributed by atoms with E-state index in [9.17, 15) is 0 Å². The molecule has 0 unspecified atom stereocenters. The molecule has 1 aromatic rings. The summed E-state index contributed by atoms with van der Waals surface area (Å²) in [5.41, 5.74) is 6.29. The second-order valence-electron chi connectivity index (χ2n) is 2.52. The Hall–Kier alpha value is -1.09. The maximum atomic E-state index is 5.43. The first kappa shape index (κ1) is 9.00. The molecule has 0 aliphatic rings. The van der Waals surface area contributed by atoms with Crippen LogP contribution in [0, 0.1) is 0 Å². The zero-order valence-corrected chi connectivity index (χ0v) is 7.29. The van der Waals surface area contributed by atoms with Gasteiger partial charge in [0, 0.05) is 12.6 Å². The molecular weight excluding hydrogens is 152 g/mol. The highest BCUT2D eigenvalue weighted by molar-refractivity contribution is 5.15.